The van der Waals surface area contributed by atoms with Crippen molar-refractivity contribution in [2.45, 2.75) is 72.6 Å². The maximum Gasteiger partial charge on any atom is 0.303 e. The Morgan fingerprint density at radius 1 is 0.833 bits per heavy atom. The second-order valence-corrected chi connectivity index (χ2v) is 4.69. The van der Waals surface area contributed by atoms with Crippen molar-refractivity contribution in [1.82, 2.24) is 4.90 Å². The van der Waals surface area contributed by atoms with Gasteiger partial charge in [-0.15, -0.1) is 0 Å². The molecule has 0 aromatic heterocycles. The van der Waals surface area contributed by atoms with Gasteiger partial charge in [-0.3, -0.25) is 4.79 Å². The Bertz CT molecular complexity index is 158. The van der Waals surface area contributed by atoms with Crippen LogP contribution in [0.4, 0.5) is 0 Å². The number of carboxylic acids is 1. The van der Waals surface area contributed by atoms with Gasteiger partial charge in [0.2, 0.25) is 0 Å². The van der Waals surface area contributed by atoms with Gasteiger partial charge in [0, 0.05) is 6.42 Å². The van der Waals surface area contributed by atoms with Gasteiger partial charge < -0.3 is 10.0 Å². The summed E-state index contributed by atoms with van der Waals surface area (Å²) in [6.07, 6.45) is 7.15. The van der Waals surface area contributed by atoms with Crippen LogP contribution in [0.5, 0.6) is 0 Å². The van der Waals surface area contributed by atoms with Gasteiger partial charge in [0.1, 0.15) is 0 Å². The minimum Gasteiger partial charge on any atom is -0.481 e. The summed E-state index contributed by atoms with van der Waals surface area (Å²) in [4.78, 5) is 12.4. The zero-order valence-corrected chi connectivity index (χ0v) is 12.9. The molecular formula is C15H33NO2. The smallest absolute Gasteiger partial charge is 0.303 e. The quantitative estimate of drug-likeness (QED) is 0.599. The molecule has 0 saturated heterocycles. The van der Waals surface area contributed by atoms with Crippen molar-refractivity contribution < 1.29 is 9.90 Å². The summed E-state index contributed by atoms with van der Waals surface area (Å²) < 4.78 is 0. The molecule has 0 aliphatic rings. The van der Waals surface area contributed by atoms with Crippen molar-refractivity contribution in [3.8, 4) is 0 Å². The maximum absolute atomic E-state index is 9.87. The molecule has 0 fully saturated rings. The van der Waals surface area contributed by atoms with Crippen LogP contribution in [0.15, 0.2) is 0 Å². The molecule has 1 N–H and O–H groups in total. The van der Waals surface area contributed by atoms with E-state index in [4.69, 9.17) is 5.11 Å². The first-order chi connectivity index (χ1) is 8.62. The molecule has 0 aromatic carbocycles. The molecule has 18 heavy (non-hydrogen) atoms. The summed E-state index contributed by atoms with van der Waals surface area (Å²) in [7, 11) is 0. The highest BCUT2D eigenvalue weighted by molar-refractivity contribution is 5.66. The van der Waals surface area contributed by atoms with Crippen molar-refractivity contribution in [3.05, 3.63) is 0 Å². The summed E-state index contributed by atoms with van der Waals surface area (Å²) >= 11 is 0. The standard InChI is InChI=1S/C9H21N.C6H12O2/c1-4-7-10(8-5-2)9-6-3;1-2-3-4-5-6(7)8/h4-9H2,1-3H3;2-5H2,1H3,(H,7,8). The lowest BCUT2D eigenvalue weighted by molar-refractivity contribution is -0.137. The minimum atomic E-state index is -0.682. The van der Waals surface area contributed by atoms with Crippen molar-refractivity contribution in [2.24, 2.45) is 0 Å². The van der Waals surface area contributed by atoms with Crippen LogP contribution in [0.2, 0.25) is 0 Å². The van der Waals surface area contributed by atoms with Crippen LogP contribution < -0.4 is 0 Å². The molecule has 0 unspecified atom stereocenters. The van der Waals surface area contributed by atoms with Gasteiger partial charge in [-0.2, -0.15) is 0 Å². The van der Waals surface area contributed by atoms with Crippen LogP contribution in [0.1, 0.15) is 72.6 Å². The van der Waals surface area contributed by atoms with E-state index >= 15 is 0 Å². The fourth-order valence-corrected chi connectivity index (χ4v) is 1.81. The van der Waals surface area contributed by atoms with E-state index in [1.165, 1.54) is 38.9 Å². The van der Waals surface area contributed by atoms with E-state index in [0.717, 1.165) is 19.3 Å². The van der Waals surface area contributed by atoms with Crippen molar-refractivity contribution in [2.75, 3.05) is 19.6 Å². The van der Waals surface area contributed by atoms with E-state index < -0.39 is 5.97 Å². The minimum absolute atomic E-state index is 0.327. The topological polar surface area (TPSA) is 40.5 Å². The third-order valence-corrected chi connectivity index (χ3v) is 2.61. The van der Waals surface area contributed by atoms with Gasteiger partial charge in [0.05, 0.1) is 0 Å². The van der Waals surface area contributed by atoms with Crippen LogP contribution in [0, 0.1) is 0 Å². The average molecular weight is 259 g/mol. The lowest BCUT2D eigenvalue weighted by Crippen LogP contribution is -2.25. The lowest BCUT2D eigenvalue weighted by atomic mass is 10.2. The third-order valence-electron chi connectivity index (χ3n) is 2.61. The van der Waals surface area contributed by atoms with E-state index in [1.807, 2.05) is 0 Å². The first-order valence-electron chi connectivity index (χ1n) is 7.56. The SMILES string of the molecule is CCCCCC(=O)O.CCCN(CCC)CCC. The zero-order chi connectivity index (χ0) is 14.2. The van der Waals surface area contributed by atoms with E-state index in [2.05, 4.69) is 32.6 Å². The maximum atomic E-state index is 9.87. The van der Waals surface area contributed by atoms with Crippen LogP contribution in [0.25, 0.3) is 0 Å². The molecule has 3 nitrogen and oxygen atoms in total. The molecule has 0 aliphatic heterocycles. The molecule has 0 bridgehead atoms. The molecule has 0 radical (unpaired) electrons. The molecule has 3 heteroatoms. The van der Waals surface area contributed by atoms with Crippen molar-refractivity contribution in [1.29, 1.82) is 0 Å². The molecule has 0 amide bonds. The predicted molar refractivity (Wildman–Crippen MR) is 79.1 cm³/mol. The fraction of sp³-hybridized carbons (Fsp3) is 0.933. The molecule has 0 aromatic rings. The number of nitrogens with zero attached hydrogens (tertiary/aromatic N) is 1. The summed E-state index contributed by atoms with van der Waals surface area (Å²) in [5.41, 5.74) is 0. The number of unbranched alkanes of at least 4 members (excludes halogenated alkanes) is 2. The van der Waals surface area contributed by atoms with E-state index in [0.29, 0.717) is 6.42 Å². The van der Waals surface area contributed by atoms with Gasteiger partial charge in [-0.05, 0) is 45.3 Å². The van der Waals surface area contributed by atoms with Gasteiger partial charge in [-0.25, -0.2) is 0 Å². The second-order valence-electron chi connectivity index (χ2n) is 4.69. The highest BCUT2D eigenvalue weighted by Gasteiger charge is 1.98. The first kappa shape index (κ1) is 19.8. The molecule has 0 aliphatic carbocycles. The Morgan fingerprint density at radius 3 is 1.56 bits per heavy atom. The summed E-state index contributed by atoms with van der Waals surface area (Å²) in [5, 5.41) is 8.14. The Labute approximate surface area is 114 Å². The van der Waals surface area contributed by atoms with E-state index in [-0.39, 0.29) is 0 Å². The van der Waals surface area contributed by atoms with Gasteiger partial charge in [-0.1, -0.05) is 40.5 Å². The summed E-state index contributed by atoms with van der Waals surface area (Å²) in [5.74, 6) is -0.682. The second kappa shape index (κ2) is 16.4. The van der Waals surface area contributed by atoms with Crippen molar-refractivity contribution >= 4 is 5.97 Å². The Morgan fingerprint density at radius 2 is 1.28 bits per heavy atom. The van der Waals surface area contributed by atoms with Gasteiger partial charge >= 0.3 is 5.97 Å². The molecular weight excluding hydrogens is 226 g/mol. The fourth-order valence-electron chi connectivity index (χ4n) is 1.81. The molecule has 0 atom stereocenters. The van der Waals surface area contributed by atoms with Gasteiger partial charge in [0.15, 0.2) is 0 Å². The average Bonchev–Trinajstić information content (AvgIpc) is 2.31. The highest BCUT2D eigenvalue weighted by atomic mass is 16.4. The Hall–Kier alpha value is -0.570. The summed E-state index contributed by atoms with van der Waals surface area (Å²) in [6, 6.07) is 0. The van der Waals surface area contributed by atoms with Crippen LogP contribution >= 0.6 is 0 Å². The van der Waals surface area contributed by atoms with Crippen LogP contribution in [-0.4, -0.2) is 35.6 Å². The third kappa shape index (κ3) is 17.8. The number of hydrogen-bond donors (Lipinski definition) is 1. The number of carbonyl (C=O) groups is 1. The molecule has 0 saturated carbocycles. The normalized spacial score (nSPS) is 10.1. The molecule has 0 spiro atoms. The Kier molecular flexibility index (Phi) is 18.0. The monoisotopic (exact) mass is 259 g/mol. The van der Waals surface area contributed by atoms with E-state index in [9.17, 15) is 4.79 Å². The largest absolute Gasteiger partial charge is 0.481 e. The number of carboxylic acid groups (broad SMARTS) is 1. The molecule has 110 valence electrons. The van der Waals surface area contributed by atoms with Crippen LogP contribution in [0.3, 0.4) is 0 Å². The molecule has 0 heterocycles. The van der Waals surface area contributed by atoms with Gasteiger partial charge in [0.25, 0.3) is 0 Å². The zero-order valence-electron chi connectivity index (χ0n) is 12.9. The Balaban J connectivity index is 0. The summed E-state index contributed by atoms with van der Waals surface area (Å²) in [6.45, 7) is 12.6. The highest BCUT2D eigenvalue weighted by Crippen LogP contribution is 1.97. The lowest BCUT2D eigenvalue weighted by Gasteiger charge is -2.19. The van der Waals surface area contributed by atoms with E-state index in [1.54, 1.807) is 0 Å². The van der Waals surface area contributed by atoms with Crippen LogP contribution in [-0.2, 0) is 4.79 Å². The molecule has 0 rings (SSSR count). The van der Waals surface area contributed by atoms with Crippen molar-refractivity contribution in [3.63, 3.8) is 0 Å². The number of rotatable bonds is 10. The first-order valence-corrected chi connectivity index (χ1v) is 7.56. The predicted octanol–water partition coefficient (Wildman–Crippen LogP) is 4.17. The number of hydrogen-bond acceptors (Lipinski definition) is 2. The number of aliphatic carboxylic acids is 1.